The van der Waals surface area contributed by atoms with Gasteiger partial charge in [0.1, 0.15) is 0 Å². The molecule has 1 aromatic carbocycles. The lowest BCUT2D eigenvalue weighted by molar-refractivity contribution is 0.122. The monoisotopic (exact) mass is 206 g/mol. The number of nitrogens with zero attached hydrogens (tertiary/aromatic N) is 1. The van der Waals surface area contributed by atoms with Gasteiger partial charge in [-0.05, 0) is 17.5 Å². The smallest absolute Gasteiger partial charge is 0.407 e. The summed E-state index contributed by atoms with van der Waals surface area (Å²) in [4.78, 5) is 12.4. The second kappa shape index (κ2) is 3.90. The van der Waals surface area contributed by atoms with Gasteiger partial charge in [0.25, 0.3) is 0 Å². The van der Waals surface area contributed by atoms with Crippen LogP contribution in [0.3, 0.4) is 0 Å². The van der Waals surface area contributed by atoms with E-state index >= 15 is 0 Å². The lowest BCUT2D eigenvalue weighted by Crippen LogP contribution is -2.42. The molecule has 3 N–H and O–H groups in total. The van der Waals surface area contributed by atoms with Gasteiger partial charge in [-0.25, -0.2) is 4.79 Å². The summed E-state index contributed by atoms with van der Waals surface area (Å²) in [5.41, 5.74) is 7.90. The van der Waals surface area contributed by atoms with E-state index in [0.717, 1.165) is 12.0 Å². The van der Waals surface area contributed by atoms with Crippen molar-refractivity contribution in [2.45, 2.75) is 12.5 Å². The van der Waals surface area contributed by atoms with Crippen molar-refractivity contribution in [1.82, 2.24) is 4.90 Å². The van der Waals surface area contributed by atoms with Crippen LogP contribution in [0.25, 0.3) is 0 Å². The Kier molecular flexibility index (Phi) is 2.60. The van der Waals surface area contributed by atoms with Crippen LogP contribution in [0.2, 0.25) is 0 Å². The van der Waals surface area contributed by atoms with Gasteiger partial charge in [0.2, 0.25) is 0 Å². The molecule has 0 radical (unpaired) electrons. The van der Waals surface area contributed by atoms with Gasteiger partial charge in [0, 0.05) is 13.1 Å². The minimum absolute atomic E-state index is 0.188. The highest BCUT2D eigenvalue weighted by atomic mass is 16.4. The van der Waals surface area contributed by atoms with Crippen molar-refractivity contribution in [1.29, 1.82) is 0 Å². The van der Waals surface area contributed by atoms with Crippen molar-refractivity contribution >= 4 is 6.09 Å². The molecule has 1 atom stereocenters. The molecule has 2 rings (SSSR count). The molecule has 1 aliphatic heterocycles. The Labute approximate surface area is 88.3 Å². The number of nitrogens with two attached hydrogens (primary N) is 1. The molecule has 4 nitrogen and oxygen atoms in total. The average Bonchev–Trinajstić information content (AvgIpc) is 2.27. The molecule has 1 amide bonds. The van der Waals surface area contributed by atoms with Crippen LogP contribution in [-0.2, 0) is 6.42 Å². The Morgan fingerprint density at radius 2 is 2.27 bits per heavy atom. The van der Waals surface area contributed by atoms with Crippen LogP contribution < -0.4 is 5.73 Å². The number of hydrogen-bond donors (Lipinski definition) is 2. The van der Waals surface area contributed by atoms with E-state index in [9.17, 15) is 4.79 Å². The number of carboxylic acid groups (broad SMARTS) is 1. The Morgan fingerprint density at radius 3 is 2.93 bits per heavy atom. The number of fused-ring (bicyclic) bond motifs is 1. The predicted octanol–water partition coefficient (Wildman–Crippen LogP) is 1.22. The highest BCUT2D eigenvalue weighted by molar-refractivity contribution is 5.66. The molecule has 1 heterocycles. The van der Waals surface area contributed by atoms with Crippen LogP contribution in [0.4, 0.5) is 4.79 Å². The second-order valence-corrected chi connectivity index (χ2v) is 3.68. The van der Waals surface area contributed by atoms with E-state index in [-0.39, 0.29) is 6.04 Å². The Hall–Kier alpha value is -1.55. The van der Waals surface area contributed by atoms with Gasteiger partial charge < -0.3 is 10.8 Å². The van der Waals surface area contributed by atoms with Gasteiger partial charge >= 0.3 is 6.09 Å². The Balaban J connectivity index is 2.38. The van der Waals surface area contributed by atoms with Gasteiger partial charge in [-0.3, -0.25) is 4.90 Å². The van der Waals surface area contributed by atoms with Crippen molar-refractivity contribution < 1.29 is 9.90 Å². The zero-order valence-electron chi connectivity index (χ0n) is 8.39. The standard InChI is InChI=1S/C11H14N2O2/c12-7-10-9-4-2-1-3-8(9)5-6-13(10)11(14)15/h1-4,10H,5-7,12H2,(H,14,15). The van der Waals surface area contributed by atoms with Crippen LogP contribution in [-0.4, -0.2) is 29.2 Å². The molecule has 0 aliphatic carbocycles. The van der Waals surface area contributed by atoms with Gasteiger partial charge in [0.05, 0.1) is 6.04 Å². The molecule has 0 fully saturated rings. The molecular weight excluding hydrogens is 192 g/mol. The summed E-state index contributed by atoms with van der Waals surface area (Å²) in [7, 11) is 0. The molecule has 15 heavy (non-hydrogen) atoms. The maximum absolute atomic E-state index is 11.0. The molecule has 0 aromatic heterocycles. The predicted molar refractivity (Wildman–Crippen MR) is 56.7 cm³/mol. The fraction of sp³-hybridized carbons (Fsp3) is 0.364. The fourth-order valence-corrected chi connectivity index (χ4v) is 2.13. The lowest BCUT2D eigenvalue weighted by Gasteiger charge is -2.34. The second-order valence-electron chi connectivity index (χ2n) is 3.68. The number of rotatable bonds is 1. The zero-order valence-corrected chi connectivity index (χ0v) is 8.39. The van der Waals surface area contributed by atoms with Crippen LogP contribution in [0.1, 0.15) is 17.2 Å². The van der Waals surface area contributed by atoms with Crippen LogP contribution in [0, 0.1) is 0 Å². The number of amides is 1. The molecule has 0 bridgehead atoms. The third-order valence-electron chi connectivity index (χ3n) is 2.88. The molecule has 0 saturated carbocycles. The van der Waals surface area contributed by atoms with E-state index in [1.165, 1.54) is 10.5 Å². The van der Waals surface area contributed by atoms with Crippen molar-refractivity contribution in [2.75, 3.05) is 13.1 Å². The van der Waals surface area contributed by atoms with Crippen LogP contribution >= 0.6 is 0 Å². The topological polar surface area (TPSA) is 66.6 Å². The first-order valence-corrected chi connectivity index (χ1v) is 5.01. The Bertz CT molecular complexity index is 379. The van der Waals surface area contributed by atoms with E-state index in [0.29, 0.717) is 13.1 Å². The first-order valence-electron chi connectivity index (χ1n) is 5.01. The molecule has 1 aliphatic rings. The minimum Gasteiger partial charge on any atom is -0.465 e. The highest BCUT2D eigenvalue weighted by Gasteiger charge is 2.28. The van der Waals surface area contributed by atoms with Crippen molar-refractivity contribution in [3.05, 3.63) is 35.4 Å². The molecule has 0 saturated heterocycles. The van der Waals surface area contributed by atoms with E-state index in [2.05, 4.69) is 0 Å². The summed E-state index contributed by atoms with van der Waals surface area (Å²) >= 11 is 0. The van der Waals surface area contributed by atoms with Crippen molar-refractivity contribution in [2.24, 2.45) is 5.73 Å². The maximum atomic E-state index is 11.0. The fourth-order valence-electron chi connectivity index (χ4n) is 2.13. The van der Waals surface area contributed by atoms with Gasteiger partial charge in [-0.15, -0.1) is 0 Å². The molecule has 80 valence electrons. The van der Waals surface area contributed by atoms with Gasteiger partial charge in [-0.2, -0.15) is 0 Å². The van der Waals surface area contributed by atoms with Crippen LogP contribution in [0.5, 0.6) is 0 Å². The summed E-state index contributed by atoms with van der Waals surface area (Å²) in [5, 5.41) is 9.04. The SMILES string of the molecule is NCC1c2ccccc2CCN1C(=O)O. The first kappa shape index (κ1) is 9.98. The third-order valence-corrected chi connectivity index (χ3v) is 2.88. The van der Waals surface area contributed by atoms with Crippen molar-refractivity contribution in [3.8, 4) is 0 Å². The zero-order chi connectivity index (χ0) is 10.8. The first-order chi connectivity index (χ1) is 7.24. The van der Waals surface area contributed by atoms with Gasteiger partial charge in [0.15, 0.2) is 0 Å². The third kappa shape index (κ3) is 1.68. The molecule has 4 heteroatoms. The summed E-state index contributed by atoms with van der Waals surface area (Å²) < 4.78 is 0. The summed E-state index contributed by atoms with van der Waals surface area (Å²) in [6, 6.07) is 7.71. The summed E-state index contributed by atoms with van der Waals surface area (Å²) in [5.74, 6) is 0. The highest BCUT2D eigenvalue weighted by Crippen LogP contribution is 2.28. The minimum atomic E-state index is -0.889. The lowest BCUT2D eigenvalue weighted by atomic mass is 9.93. The molecule has 1 unspecified atom stereocenters. The van der Waals surface area contributed by atoms with Crippen LogP contribution in [0.15, 0.2) is 24.3 Å². The molecule has 1 aromatic rings. The quantitative estimate of drug-likeness (QED) is 0.726. The Morgan fingerprint density at radius 1 is 1.53 bits per heavy atom. The maximum Gasteiger partial charge on any atom is 0.407 e. The number of carbonyl (C=O) groups is 1. The van der Waals surface area contributed by atoms with E-state index in [1.54, 1.807) is 0 Å². The average molecular weight is 206 g/mol. The van der Waals surface area contributed by atoms with E-state index < -0.39 is 6.09 Å². The van der Waals surface area contributed by atoms with Crippen molar-refractivity contribution in [3.63, 3.8) is 0 Å². The van der Waals surface area contributed by atoms with E-state index in [4.69, 9.17) is 10.8 Å². The normalized spacial score (nSPS) is 19.8. The molecule has 0 spiro atoms. The summed E-state index contributed by atoms with van der Waals surface area (Å²) in [6.07, 6.45) is -0.112. The summed E-state index contributed by atoms with van der Waals surface area (Å²) in [6.45, 7) is 0.873. The number of benzene rings is 1. The van der Waals surface area contributed by atoms with E-state index in [1.807, 2.05) is 24.3 Å². The van der Waals surface area contributed by atoms with Gasteiger partial charge in [-0.1, -0.05) is 24.3 Å². The largest absolute Gasteiger partial charge is 0.465 e. The number of hydrogen-bond acceptors (Lipinski definition) is 2. The molecular formula is C11H14N2O2.